The number of hydrogen-bond acceptors (Lipinski definition) is 2. The minimum Gasteiger partial charge on any atom is -0.485 e. The number of benzene rings is 1. The summed E-state index contributed by atoms with van der Waals surface area (Å²) in [6.07, 6.45) is 0.412. The molecule has 0 aromatic heterocycles. The maximum absolute atomic E-state index is 13.5. The molecule has 1 aliphatic rings. The average Bonchev–Trinajstić information content (AvgIpc) is 2.30. The van der Waals surface area contributed by atoms with E-state index in [9.17, 15) is 4.39 Å². The summed E-state index contributed by atoms with van der Waals surface area (Å²) < 4.78 is 24.6. The molecule has 0 spiro atoms. The van der Waals surface area contributed by atoms with Crippen molar-refractivity contribution in [3.63, 3.8) is 0 Å². The van der Waals surface area contributed by atoms with E-state index in [1.165, 1.54) is 6.07 Å². The summed E-state index contributed by atoms with van der Waals surface area (Å²) >= 11 is 6.03. The molecule has 3 atom stereocenters. The molecule has 0 aliphatic heterocycles. The van der Waals surface area contributed by atoms with Crippen molar-refractivity contribution in [3.05, 3.63) is 29.6 Å². The zero-order valence-electron chi connectivity index (χ0n) is 9.95. The van der Waals surface area contributed by atoms with Crippen LogP contribution in [0.25, 0.3) is 0 Å². The second-order valence-corrected chi connectivity index (χ2v) is 4.82. The summed E-state index contributed by atoms with van der Waals surface area (Å²) in [6.45, 7) is 4.40. The maximum atomic E-state index is 13.5. The minimum absolute atomic E-state index is 0.0344. The summed E-state index contributed by atoms with van der Waals surface area (Å²) in [5.74, 6) is -0.0628. The molecular weight excluding hydrogens is 243 g/mol. The molecule has 1 saturated carbocycles. The third kappa shape index (κ3) is 2.72. The standard InChI is InChI=1S/C13H16ClFO2/c1-3-16-13-9(14)7-12(13)17-11-6-8(2)4-5-10(11)15/h4-6,9,12-13H,3,7H2,1-2H3. The molecule has 2 nitrogen and oxygen atoms in total. The summed E-state index contributed by atoms with van der Waals surface area (Å²) in [6, 6.07) is 4.82. The van der Waals surface area contributed by atoms with Crippen molar-refractivity contribution >= 4 is 11.6 Å². The van der Waals surface area contributed by atoms with Gasteiger partial charge in [0, 0.05) is 13.0 Å². The van der Waals surface area contributed by atoms with Crippen LogP contribution in [0.1, 0.15) is 18.9 Å². The van der Waals surface area contributed by atoms with Gasteiger partial charge in [-0.25, -0.2) is 4.39 Å². The van der Waals surface area contributed by atoms with Crippen molar-refractivity contribution in [3.8, 4) is 5.75 Å². The van der Waals surface area contributed by atoms with Crippen molar-refractivity contribution in [2.45, 2.75) is 37.9 Å². The number of alkyl halides is 1. The van der Waals surface area contributed by atoms with Gasteiger partial charge in [-0.2, -0.15) is 0 Å². The molecule has 0 bridgehead atoms. The lowest BCUT2D eigenvalue weighted by Crippen LogP contribution is -2.52. The van der Waals surface area contributed by atoms with Crippen LogP contribution >= 0.6 is 11.6 Å². The van der Waals surface area contributed by atoms with Gasteiger partial charge in [-0.1, -0.05) is 6.07 Å². The normalized spacial score (nSPS) is 27.6. The average molecular weight is 259 g/mol. The van der Waals surface area contributed by atoms with E-state index in [0.29, 0.717) is 13.0 Å². The fourth-order valence-electron chi connectivity index (χ4n) is 1.91. The smallest absolute Gasteiger partial charge is 0.165 e. The summed E-state index contributed by atoms with van der Waals surface area (Å²) in [7, 11) is 0. The van der Waals surface area contributed by atoms with Crippen molar-refractivity contribution in [2.24, 2.45) is 0 Å². The topological polar surface area (TPSA) is 18.5 Å². The molecule has 1 fully saturated rings. The molecule has 0 amide bonds. The van der Waals surface area contributed by atoms with Crippen molar-refractivity contribution in [1.29, 1.82) is 0 Å². The fraction of sp³-hybridized carbons (Fsp3) is 0.538. The fourth-order valence-corrected chi connectivity index (χ4v) is 2.32. The molecule has 0 N–H and O–H groups in total. The van der Waals surface area contributed by atoms with Gasteiger partial charge in [0.15, 0.2) is 11.6 Å². The highest BCUT2D eigenvalue weighted by molar-refractivity contribution is 6.21. The van der Waals surface area contributed by atoms with Gasteiger partial charge in [0.05, 0.1) is 5.38 Å². The number of halogens is 2. The lowest BCUT2D eigenvalue weighted by molar-refractivity contribution is -0.0770. The molecule has 1 aromatic rings. The van der Waals surface area contributed by atoms with Crippen LogP contribution in [0.4, 0.5) is 4.39 Å². The second kappa shape index (κ2) is 5.23. The Balaban J connectivity index is 2.03. The summed E-state index contributed by atoms with van der Waals surface area (Å²) in [5.41, 5.74) is 0.969. The van der Waals surface area contributed by atoms with Gasteiger partial charge in [-0.15, -0.1) is 11.6 Å². The van der Waals surface area contributed by atoms with Crippen LogP contribution in [0.15, 0.2) is 18.2 Å². The molecule has 4 heteroatoms. The number of hydrogen-bond donors (Lipinski definition) is 0. The highest BCUT2D eigenvalue weighted by atomic mass is 35.5. The van der Waals surface area contributed by atoms with E-state index in [0.717, 1.165) is 5.56 Å². The van der Waals surface area contributed by atoms with Crippen LogP contribution in [-0.2, 0) is 4.74 Å². The molecule has 17 heavy (non-hydrogen) atoms. The number of ether oxygens (including phenoxy) is 2. The number of rotatable bonds is 4. The molecule has 3 unspecified atom stereocenters. The Morgan fingerprint density at radius 2 is 2.24 bits per heavy atom. The minimum atomic E-state index is -0.344. The van der Waals surface area contributed by atoms with Crippen LogP contribution in [0.2, 0.25) is 0 Å². The van der Waals surface area contributed by atoms with Crippen LogP contribution in [0.3, 0.4) is 0 Å². The van der Waals surface area contributed by atoms with E-state index in [2.05, 4.69) is 0 Å². The lowest BCUT2D eigenvalue weighted by Gasteiger charge is -2.40. The quantitative estimate of drug-likeness (QED) is 0.772. The highest BCUT2D eigenvalue weighted by Gasteiger charge is 2.42. The predicted molar refractivity (Wildman–Crippen MR) is 65.2 cm³/mol. The van der Waals surface area contributed by atoms with Gasteiger partial charge in [0.1, 0.15) is 12.2 Å². The SMILES string of the molecule is CCOC1C(Cl)CC1Oc1cc(C)ccc1F. The largest absolute Gasteiger partial charge is 0.485 e. The molecular formula is C13H16ClFO2. The van der Waals surface area contributed by atoms with Gasteiger partial charge >= 0.3 is 0 Å². The van der Waals surface area contributed by atoms with Crippen molar-refractivity contribution in [2.75, 3.05) is 6.61 Å². The Morgan fingerprint density at radius 1 is 1.47 bits per heavy atom. The third-order valence-electron chi connectivity index (χ3n) is 2.90. The highest BCUT2D eigenvalue weighted by Crippen LogP contribution is 2.33. The van der Waals surface area contributed by atoms with Gasteiger partial charge in [-0.05, 0) is 31.5 Å². The van der Waals surface area contributed by atoms with E-state index >= 15 is 0 Å². The van der Waals surface area contributed by atoms with Gasteiger partial charge in [0.25, 0.3) is 0 Å². The van der Waals surface area contributed by atoms with E-state index < -0.39 is 0 Å². The summed E-state index contributed by atoms with van der Waals surface area (Å²) in [5, 5.41) is -0.0344. The van der Waals surface area contributed by atoms with Gasteiger partial charge in [-0.3, -0.25) is 0 Å². The molecule has 1 aliphatic carbocycles. The van der Waals surface area contributed by atoms with Gasteiger partial charge < -0.3 is 9.47 Å². The van der Waals surface area contributed by atoms with Gasteiger partial charge in [0.2, 0.25) is 0 Å². The van der Waals surface area contributed by atoms with E-state index in [1.807, 2.05) is 13.8 Å². The Morgan fingerprint density at radius 3 is 2.88 bits per heavy atom. The van der Waals surface area contributed by atoms with E-state index in [1.54, 1.807) is 12.1 Å². The summed E-state index contributed by atoms with van der Waals surface area (Å²) in [4.78, 5) is 0. The molecule has 0 saturated heterocycles. The maximum Gasteiger partial charge on any atom is 0.165 e. The second-order valence-electron chi connectivity index (χ2n) is 4.26. The van der Waals surface area contributed by atoms with Crippen LogP contribution < -0.4 is 4.74 Å². The molecule has 0 radical (unpaired) electrons. The Kier molecular flexibility index (Phi) is 3.89. The number of aryl methyl sites for hydroxylation is 1. The Hall–Kier alpha value is -0.800. The monoisotopic (exact) mass is 258 g/mol. The van der Waals surface area contributed by atoms with Crippen molar-refractivity contribution < 1.29 is 13.9 Å². The van der Waals surface area contributed by atoms with Crippen LogP contribution in [-0.4, -0.2) is 24.2 Å². The molecule has 0 heterocycles. The Bertz CT molecular complexity index is 397. The van der Waals surface area contributed by atoms with Crippen molar-refractivity contribution in [1.82, 2.24) is 0 Å². The van der Waals surface area contributed by atoms with Crippen LogP contribution in [0.5, 0.6) is 5.75 Å². The van der Waals surface area contributed by atoms with E-state index in [-0.39, 0.29) is 29.2 Å². The molecule has 1 aromatic carbocycles. The molecule has 2 rings (SSSR count). The first-order chi connectivity index (χ1) is 8.11. The first-order valence-corrected chi connectivity index (χ1v) is 6.24. The lowest BCUT2D eigenvalue weighted by atomic mass is 9.91. The molecule has 94 valence electrons. The van der Waals surface area contributed by atoms with Crippen LogP contribution in [0, 0.1) is 12.7 Å². The zero-order chi connectivity index (χ0) is 12.4. The third-order valence-corrected chi connectivity index (χ3v) is 3.33. The zero-order valence-corrected chi connectivity index (χ0v) is 10.7. The first kappa shape index (κ1) is 12.7. The Labute approximate surface area is 106 Å². The van der Waals surface area contributed by atoms with E-state index in [4.69, 9.17) is 21.1 Å². The first-order valence-electron chi connectivity index (χ1n) is 5.80. The predicted octanol–water partition coefficient (Wildman–Crippen LogP) is 3.30.